The van der Waals surface area contributed by atoms with Gasteiger partial charge < -0.3 is 15.4 Å². The highest BCUT2D eigenvalue weighted by atomic mass is 19.1. The number of carbonyl (C=O) groups excluding carboxylic acids is 2. The Balaban J connectivity index is 1.75. The number of anilines is 2. The lowest BCUT2D eigenvalue weighted by Gasteiger charge is -2.19. The number of rotatable bonds is 5. The van der Waals surface area contributed by atoms with Gasteiger partial charge in [-0.1, -0.05) is 6.07 Å². The van der Waals surface area contributed by atoms with Gasteiger partial charge in [-0.25, -0.2) is 13.9 Å². The Morgan fingerprint density at radius 1 is 1.03 bits per heavy atom. The van der Waals surface area contributed by atoms with E-state index in [9.17, 15) is 14.0 Å². The molecule has 0 aliphatic rings. The molecule has 0 spiro atoms. The minimum atomic E-state index is -0.552. The molecule has 0 saturated carbocycles. The van der Waals surface area contributed by atoms with Crippen LogP contribution in [0, 0.1) is 19.7 Å². The Morgan fingerprint density at radius 3 is 2.34 bits per heavy atom. The molecule has 0 fully saturated rings. The van der Waals surface area contributed by atoms with E-state index in [1.165, 1.54) is 24.3 Å². The fraction of sp³-hybridized carbons (Fsp3) is 0.292. The quantitative estimate of drug-likeness (QED) is 0.539. The topological polar surface area (TPSA) is 85.3 Å². The first kappa shape index (κ1) is 23.0. The molecule has 1 aromatic heterocycles. The number of nitrogens with zero attached hydrogens (tertiary/aromatic N) is 2. The standard InChI is InChI=1S/C24H27FN4O3/c1-15-21(14-22(30)32-24(3,4)5)16(2)29(28-15)20-8-6-7-19(13-20)27-23(31)26-18-11-9-17(25)10-12-18/h6-13H,14H2,1-5H3,(H2,26,27,31). The first-order valence-corrected chi connectivity index (χ1v) is 10.2. The highest BCUT2D eigenvalue weighted by Crippen LogP contribution is 2.22. The smallest absolute Gasteiger partial charge is 0.323 e. The van der Waals surface area contributed by atoms with Crippen LogP contribution in [0.1, 0.15) is 37.7 Å². The maximum atomic E-state index is 13.0. The zero-order valence-electron chi connectivity index (χ0n) is 18.8. The second-order valence-corrected chi connectivity index (χ2v) is 8.46. The van der Waals surface area contributed by atoms with E-state index in [-0.39, 0.29) is 18.2 Å². The average Bonchev–Trinajstić information content (AvgIpc) is 2.97. The van der Waals surface area contributed by atoms with Crippen molar-refractivity contribution < 1.29 is 18.7 Å². The SMILES string of the molecule is Cc1nn(-c2cccc(NC(=O)Nc3ccc(F)cc3)c2)c(C)c1CC(=O)OC(C)(C)C. The van der Waals surface area contributed by atoms with Crippen molar-refractivity contribution in [3.8, 4) is 5.69 Å². The van der Waals surface area contributed by atoms with Gasteiger partial charge in [0.25, 0.3) is 0 Å². The van der Waals surface area contributed by atoms with Crippen molar-refractivity contribution in [3.05, 3.63) is 71.3 Å². The van der Waals surface area contributed by atoms with Crippen LogP contribution in [0.25, 0.3) is 5.69 Å². The molecular formula is C24H27FN4O3. The number of aryl methyl sites for hydroxylation is 1. The van der Waals surface area contributed by atoms with E-state index in [4.69, 9.17) is 4.74 Å². The molecule has 3 aromatic rings. The van der Waals surface area contributed by atoms with Crippen molar-refractivity contribution in [2.75, 3.05) is 10.6 Å². The minimum Gasteiger partial charge on any atom is -0.460 e. The lowest BCUT2D eigenvalue weighted by atomic mass is 10.1. The summed E-state index contributed by atoms with van der Waals surface area (Å²) in [5.74, 6) is -0.685. The Morgan fingerprint density at radius 2 is 1.69 bits per heavy atom. The van der Waals surface area contributed by atoms with Crippen molar-refractivity contribution in [1.82, 2.24) is 9.78 Å². The van der Waals surface area contributed by atoms with Crippen LogP contribution in [-0.4, -0.2) is 27.4 Å². The van der Waals surface area contributed by atoms with Gasteiger partial charge in [0.15, 0.2) is 0 Å². The van der Waals surface area contributed by atoms with Crippen LogP contribution in [0.2, 0.25) is 0 Å². The number of esters is 1. The molecule has 2 N–H and O–H groups in total. The van der Waals surface area contributed by atoms with Crippen LogP contribution in [-0.2, 0) is 16.0 Å². The normalized spacial score (nSPS) is 11.2. The van der Waals surface area contributed by atoms with Gasteiger partial charge in [-0.15, -0.1) is 0 Å². The summed E-state index contributed by atoms with van der Waals surface area (Å²) in [6.45, 7) is 9.23. The maximum Gasteiger partial charge on any atom is 0.323 e. The van der Waals surface area contributed by atoms with Crippen LogP contribution < -0.4 is 10.6 Å². The molecule has 3 rings (SSSR count). The number of hydrogen-bond donors (Lipinski definition) is 2. The van der Waals surface area contributed by atoms with E-state index in [2.05, 4.69) is 15.7 Å². The van der Waals surface area contributed by atoms with Crippen LogP contribution in [0.15, 0.2) is 48.5 Å². The van der Waals surface area contributed by atoms with Gasteiger partial charge in [-0.2, -0.15) is 5.10 Å². The molecule has 1 heterocycles. The minimum absolute atomic E-state index is 0.132. The average molecular weight is 439 g/mol. The first-order chi connectivity index (χ1) is 15.0. The van der Waals surface area contributed by atoms with Crippen LogP contribution in [0.4, 0.5) is 20.6 Å². The number of urea groups is 1. The van der Waals surface area contributed by atoms with Crippen molar-refractivity contribution in [2.45, 2.75) is 46.6 Å². The Bertz CT molecular complexity index is 1130. The summed E-state index contributed by atoms with van der Waals surface area (Å²) in [6, 6.07) is 12.2. The second kappa shape index (κ2) is 9.21. The molecule has 0 radical (unpaired) electrons. The summed E-state index contributed by atoms with van der Waals surface area (Å²) < 4.78 is 20.2. The van der Waals surface area contributed by atoms with Crippen molar-refractivity contribution in [3.63, 3.8) is 0 Å². The number of halogens is 1. The lowest BCUT2D eigenvalue weighted by molar-refractivity contribution is -0.153. The van der Waals surface area contributed by atoms with E-state index in [0.717, 1.165) is 22.6 Å². The van der Waals surface area contributed by atoms with Gasteiger partial charge in [0.1, 0.15) is 11.4 Å². The predicted molar refractivity (Wildman–Crippen MR) is 122 cm³/mol. The first-order valence-electron chi connectivity index (χ1n) is 10.2. The Hall–Kier alpha value is -3.68. The summed E-state index contributed by atoms with van der Waals surface area (Å²) in [4.78, 5) is 24.6. The van der Waals surface area contributed by atoms with Crippen LogP contribution in [0.3, 0.4) is 0 Å². The number of nitrogens with one attached hydrogen (secondary N) is 2. The molecule has 0 aliphatic carbocycles. The molecule has 32 heavy (non-hydrogen) atoms. The van der Waals surface area contributed by atoms with Gasteiger partial charge >= 0.3 is 12.0 Å². The maximum absolute atomic E-state index is 13.0. The summed E-state index contributed by atoms with van der Waals surface area (Å²) >= 11 is 0. The molecule has 0 atom stereocenters. The summed E-state index contributed by atoms with van der Waals surface area (Å²) in [5.41, 5.74) is 3.59. The molecule has 0 unspecified atom stereocenters. The summed E-state index contributed by atoms with van der Waals surface area (Å²) in [7, 11) is 0. The molecule has 2 aromatic carbocycles. The van der Waals surface area contributed by atoms with E-state index >= 15 is 0 Å². The van der Waals surface area contributed by atoms with E-state index in [1.54, 1.807) is 22.9 Å². The van der Waals surface area contributed by atoms with E-state index in [1.807, 2.05) is 40.7 Å². The molecule has 2 amide bonds. The third kappa shape index (κ3) is 5.94. The largest absolute Gasteiger partial charge is 0.460 e. The molecule has 8 heteroatoms. The zero-order valence-corrected chi connectivity index (χ0v) is 18.8. The molecule has 0 saturated heterocycles. The van der Waals surface area contributed by atoms with Crippen molar-refractivity contribution >= 4 is 23.4 Å². The van der Waals surface area contributed by atoms with Crippen LogP contribution in [0.5, 0.6) is 0 Å². The van der Waals surface area contributed by atoms with E-state index in [0.29, 0.717) is 11.4 Å². The zero-order chi connectivity index (χ0) is 23.5. The van der Waals surface area contributed by atoms with Gasteiger partial charge in [0, 0.05) is 22.6 Å². The second-order valence-electron chi connectivity index (χ2n) is 8.46. The molecule has 0 aliphatic heterocycles. The van der Waals surface area contributed by atoms with Gasteiger partial charge in [-0.3, -0.25) is 4.79 Å². The summed E-state index contributed by atoms with van der Waals surface area (Å²) in [6.07, 6.45) is 0.132. The number of carbonyl (C=O) groups is 2. The molecular weight excluding hydrogens is 411 g/mol. The number of hydrogen-bond acceptors (Lipinski definition) is 4. The third-order valence-corrected chi connectivity index (χ3v) is 4.63. The van der Waals surface area contributed by atoms with Gasteiger partial charge in [0.2, 0.25) is 0 Å². The number of benzene rings is 2. The van der Waals surface area contributed by atoms with E-state index < -0.39 is 11.6 Å². The monoisotopic (exact) mass is 438 g/mol. The fourth-order valence-corrected chi connectivity index (χ4v) is 3.25. The molecule has 168 valence electrons. The van der Waals surface area contributed by atoms with Crippen molar-refractivity contribution in [2.24, 2.45) is 0 Å². The number of ether oxygens (including phenoxy) is 1. The number of amides is 2. The fourth-order valence-electron chi connectivity index (χ4n) is 3.25. The highest BCUT2D eigenvalue weighted by molar-refractivity contribution is 5.99. The summed E-state index contributed by atoms with van der Waals surface area (Å²) in [5, 5.41) is 9.98. The van der Waals surface area contributed by atoms with Crippen LogP contribution >= 0.6 is 0 Å². The third-order valence-electron chi connectivity index (χ3n) is 4.63. The Labute approximate surface area is 186 Å². The molecule has 0 bridgehead atoms. The van der Waals surface area contributed by atoms with Gasteiger partial charge in [-0.05, 0) is 77.1 Å². The highest BCUT2D eigenvalue weighted by Gasteiger charge is 2.21. The number of aromatic nitrogens is 2. The van der Waals surface area contributed by atoms with Crippen molar-refractivity contribution in [1.29, 1.82) is 0 Å². The van der Waals surface area contributed by atoms with Gasteiger partial charge in [0.05, 0.1) is 17.8 Å². The lowest BCUT2D eigenvalue weighted by Crippen LogP contribution is -2.25. The molecule has 7 nitrogen and oxygen atoms in total. The predicted octanol–water partition coefficient (Wildman–Crippen LogP) is 5.16. The Kier molecular flexibility index (Phi) is 6.62.